The SMILES string of the molecule is CSc1ccc(/C=N/NC(=O)c2ccc(COc3ccc(-n4c(C)ccc4C)cc3)o2)cc1. The highest BCUT2D eigenvalue weighted by atomic mass is 32.2. The third-order valence-electron chi connectivity index (χ3n) is 5.13. The van der Waals surface area contributed by atoms with Gasteiger partial charge in [-0.25, -0.2) is 5.43 Å². The van der Waals surface area contributed by atoms with E-state index in [1.54, 1.807) is 30.1 Å². The summed E-state index contributed by atoms with van der Waals surface area (Å²) in [6.07, 6.45) is 3.61. The molecular formula is C26H25N3O3S. The van der Waals surface area contributed by atoms with E-state index in [4.69, 9.17) is 9.15 Å². The fraction of sp³-hybridized carbons (Fsp3) is 0.154. The molecule has 168 valence electrons. The average molecular weight is 460 g/mol. The number of benzene rings is 2. The highest BCUT2D eigenvalue weighted by Crippen LogP contribution is 2.21. The van der Waals surface area contributed by atoms with Crippen LogP contribution in [0.2, 0.25) is 0 Å². The number of aromatic nitrogens is 1. The Balaban J connectivity index is 1.30. The maximum Gasteiger partial charge on any atom is 0.307 e. The van der Waals surface area contributed by atoms with Gasteiger partial charge in [-0.2, -0.15) is 5.10 Å². The molecule has 0 aliphatic carbocycles. The first-order chi connectivity index (χ1) is 16.0. The van der Waals surface area contributed by atoms with Gasteiger partial charge in [0, 0.05) is 22.0 Å². The standard InChI is InChI=1S/C26H25N3O3S/c1-18-4-5-19(2)29(18)21-8-10-22(11-9-21)31-17-23-12-15-25(32-23)26(30)28-27-16-20-6-13-24(33-3)14-7-20/h4-16H,17H2,1-3H3,(H,28,30)/b27-16+. The molecule has 7 heteroatoms. The molecule has 2 heterocycles. The number of nitrogens with one attached hydrogen (secondary N) is 1. The summed E-state index contributed by atoms with van der Waals surface area (Å²) >= 11 is 1.67. The fourth-order valence-electron chi connectivity index (χ4n) is 3.41. The Bertz CT molecular complexity index is 1240. The van der Waals surface area contributed by atoms with Gasteiger partial charge in [0.2, 0.25) is 0 Å². The van der Waals surface area contributed by atoms with E-state index in [9.17, 15) is 4.79 Å². The topological polar surface area (TPSA) is 68.8 Å². The van der Waals surface area contributed by atoms with Crippen LogP contribution in [0.25, 0.3) is 5.69 Å². The van der Waals surface area contributed by atoms with Gasteiger partial charge >= 0.3 is 5.91 Å². The van der Waals surface area contributed by atoms with Crippen LogP contribution in [0.5, 0.6) is 5.75 Å². The summed E-state index contributed by atoms with van der Waals surface area (Å²) in [7, 11) is 0. The summed E-state index contributed by atoms with van der Waals surface area (Å²) in [5.41, 5.74) is 6.82. The van der Waals surface area contributed by atoms with Gasteiger partial charge in [-0.1, -0.05) is 12.1 Å². The monoisotopic (exact) mass is 459 g/mol. The first-order valence-electron chi connectivity index (χ1n) is 10.5. The van der Waals surface area contributed by atoms with Gasteiger partial charge < -0.3 is 13.7 Å². The summed E-state index contributed by atoms with van der Waals surface area (Å²) in [6, 6.07) is 23.3. The minimum atomic E-state index is -0.417. The van der Waals surface area contributed by atoms with Gasteiger partial charge in [0.1, 0.15) is 18.1 Å². The fourth-order valence-corrected chi connectivity index (χ4v) is 3.82. The number of carbonyl (C=O) groups excluding carboxylic acids is 1. The largest absolute Gasteiger partial charge is 0.486 e. The van der Waals surface area contributed by atoms with E-state index in [2.05, 4.69) is 41.1 Å². The number of hydrogen-bond acceptors (Lipinski definition) is 5. The van der Waals surface area contributed by atoms with Crippen molar-refractivity contribution in [3.8, 4) is 11.4 Å². The summed E-state index contributed by atoms with van der Waals surface area (Å²) in [4.78, 5) is 13.4. The van der Waals surface area contributed by atoms with Crippen molar-refractivity contribution in [3.05, 3.63) is 101 Å². The van der Waals surface area contributed by atoms with Crippen LogP contribution in [0.3, 0.4) is 0 Å². The Labute approximate surface area is 197 Å². The molecule has 0 bridgehead atoms. The van der Waals surface area contributed by atoms with E-state index >= 15 is 0 Å². The average Bonchev–Trinajstić information content (AvgIpc) is 3.45. The van der Waals surface area contributed by atoms with Crippen molar-refractivity contribution in [3.63, 3.8) is 0 Å². The van der Waals surface area contributed by atoms with Crippen LogP contribution < -0.4 is 10.2 Å². The van der Waals surface area contributed by atoms with Gasteiger partial charge in [-0.05, 0) is 86.3 Å². The van der Waals surface area contributed by atoms with Crippen LogP contribution in [0.1, 0.15) is 33.3 Å². The number of thioether (sulfide) groups is 1. The minimum Gasteiger partial charge on any atom is -0.486 e. The minimum absolute atomic E-state index is 0.178. The molecule has 33 heavy (non-hydrogen) atoms. The molecule has 1 N–H and O–H groups in total. The number of aryl methyl sites for hydroxylation is 2. The summed E-state index contributed by atoms with van der Waals surface area (Å²) in [6.45, 7) is 4.38. The first-order valence-corrected chi connectivity index (χ1v) is 11.7. The normalized spacial score (nSPS) is 11.1. The van der Waals surface area contributed by atoms with Crippen LogP contribution in [0.4, 0.5) is 0 Å². The second kappa shape index (κ2) is 10.3. The lowest BCUT2D eigenvalue weighted by Gasteiger charge is -2.10. The maximum absolute atomic E-state index is 12.3. The number of ether oxygens (including phenoxy) is 1. The zero-order chi connectivity index (χ0) is 23.2. The van der Waals surface area contributed by atoms with Crippen LogP contribution in [0.15, 0.2) is 87.2 Å². The molecule has 1 amide bonds. The molecular weight excluding hydrogens is 434 g/mol. The molecule has 0 aliphatic rings. The molecule has 2 aromatic heterocycles. The van der Waals surface area contributed by atoms with Crippen LogP contribution in [-0.2, 0) is 6.61 Å². The van der Waals surface area contributed by atoms with Gasteiger partial charge in [0.15, 0.2) is 5.76 Å². The van der Waals surface area contributed by atoms with Crippen molar-refractivity contribution < 1.29 is 13.9 Å². The van der Waals surface area contributed by atoms with Crippen molar-refractivity contribution in [1.82, 2.24) is 9.99 Å². The highest BCUT2D eigenvalue weighted by Gasteiger charge is 2.11. The zero-order valence-corrected chi connectivity index (χ0v) is 19.6. The number of hydrazone groups is 1. The third-order valence-corrected chi connectivity index (χ3v) is 5.87. The van der Waals surface area contributed by atoms with Crippen LogP contribution >= 0.6 is 11.8 Å². The zero-order valence-electron chi connectivity index (χ0n) is 18.7. The van der Waals surface area contributed by atoms with Gasteiger partial charge in [-0.3, -0.25) is 4.79 Å². The Hall–Kier alpha value is -3.71. The molecule has 4 rings (SSSR count). The van der Waals surface area contributed by atoms with E-state index < -0.39 is 5.91 Å². The van der Waals surface area contributed by atoms with Crippen molar-refractivity contribution in [2.45, 2.75) is 25.3 Å². The second-order valence-corrected chi connectivity index (χ2v) is 8.35. The third kappa shape index (κ3) is 5.56. The lowest BCUT2D eigenvalue weighted by atomic mass is 10.2. The number of nitrogens with zero attached hydrogens (tertiary/aromatic N) is 2. The molecule has 0 spiro atoms. The van der Waals surface area contributed by atoms with Crippen molar-refractivity contribution in [2.24, 2.45) is 5.10 Å². The molecule has 6 nitrogen and oxygen atoms in total. The van der Waals surface area contributed by atoms with Gasteiger partial charge in [-0.15, -0.1) is 11.8 Å². The summed E-state index contributed by atoms with van der Waals surface area (Å²) < 4.78 is 13.6. The lowest BCUT2D eigenvalue weighted by Crippen LogP contribution is -2.16. The van der Waals surface area contributed by atoms with Crippen molar-refractivity contribution in [2.75, 3.05) is 6.26 Å². The summed E-state index contributed by atoms with van der Waals surface area (Å²) in [5, 5.41) is 3.99. The van der Waals surface area contributed by atoms with E-state index in [0.29, 0.717) is 5.76 Å². The van der Waals surface area contributed by atoms with Crippen molar-refractivity contribution >= 4 is 23.9 Å². The second-order valence-electron chi connectivity index (χ2n) is 7.47. The van der Waals surface area contributed by atoms with E-state index in [-0.39, 0.29) is 12.4 Å². The molecule has 0 atom stereocenters. The smallest absolute Gasteiger partial charge is 0.307 e. The molecule has 0 unspecified atom stereocenters. The lowest BCUT2D eigenvalue weighted by molar-refractivity contribution is 0.0923. The Kier molecular flexibility index (Phi) is 7.00. The van der Waals surface area contributed by atoms with Gasteiger partial charge in [0.25, 0.3) is 0 Å². The van der Waals surface area contributed by atoms with Crippen LogP contribution in [-0.4, -0.2) is 22.9 Å². The number of amides is 1. The molecule has 0 aliphatic heterocycles. The van der Waals surface area contributed by atoms with E-state index in [1.807, 2.05) is 54.8 Å². The molecule has 0 saturated carbocycles. The number of carbonyl (C=O) groups is 1. The maximum atomic E-state index is 12.3. The van der Waals surface area contributed by atoms with E-state index in [1.165, 1.54) is 16.3 Å². The quantitative estimate of drug-likeness (QED) is 0.207. The number of furan rings is 1. The Morgan fingerprint density at radius 1 is 1.00 bits per heavy atom. The summed E-state index contributed by atoms with van der Waals surface area (Å²) in [5.74, 6) is 1.04. The highest BCUT2D eigenvalue weighted by molar-refractivity contribution is 7.98. The number of hydrogen-bond donors (Lipinski definition) is 1. The molecule has 0 fully saturated rings. The molecule has 4 aromatic rings. The van der Waals surface area contributed by atoms with Crippen LogP contribution in [0, 0.1) is 13.8 Å². The number of rotatable bonds is 8. The molecule has 0 saturated heterocycles. The van der Waals surface area contributed by atoms with Crippen molar-refractivity contribution in [1.29, 1.82) is 0 Å². The Morgan fingerprint density at radius 3 is 2.36 bits per heavy atom. The van der Waals surface area contributed by atoms with E-state index in [0.717, 1.165) is 17.0 Å². The van der Waals surface area contributed by atoms with Gasteiger partial charge in [0.05, 0.1) is 6.21 Å². The predicted molar refractivity (Wildman–Crippen MR) is 132 cm³/mol. The first kappa shape index (κ1) is 22.5. The predicted octanol–water partition coefficient (Wildman–Crippen LogP) is 5.75. The Morgan fingerprint density at radius 2 is 1.70 bits per heavy atom. The molecule has 2 aromatic carbocycles. The molecule has 0 radical (unpaired) electrons.